The molecule has 84 valence electrons. The van der Waals surface area contributed by atoms with Crippen LogP contribution in [0.15, 0.2) is 0 Å². The van der Waals surface area contributed by atoms with Crippen molar-refractivity contribution < 1.29 is 4.74 Å². The Morgan fingerprint density at radius 1 is 1.36 bits per heavy atom. The van der Waals surface area contributed by atoms with Gasteiger partial charge in [-0.2, -0.15) is 11.8 Å². The fourth-order valence-corrected chi connectivity index (χ4v) is 2.22. The standard InChI is InChI=1S/C11H23NOS/c1-14-8-4-2-3-6-12-9-11-5-7-13-10-11/h11-12H,2-10H2,1H3. The van der Waals surface area contributed by atoms with E-state index in [1.807, 2.05) is 11.8 Å². The second-order valence-electron chi connectivity index (χ2n) is 3.99. The molecule has 1 unspecified atom stereocenters. The molecule has 1 rings (SSSR count). The van der Waals surface area contributed by atoms with E-state index in [0.717, 1.165) is 25.7 Å². The van der Waals surface area contributed by atoms with Gasteiger partial charge in [0.25, 0.3) is 0 Å². The highest BCUT2D eigenvalue weighted by molar-refractivity contribution is 7.98. The average molecular weight is 217 g/mol. The molecule has 1 atom stereocenters. The Hall–Kier alpha value is 0.270. The lowest BCUT2D eigenvalue weighted by Gasteiger charge is -2.08. The molecule has 2 nitrogen and oxygen atoms in total. The number of rotatable bonds is 8. The second-order valence-corrected chi connectivity index (χ2v) is 4.97. The van der Waals surface area contributed by atoms with Crippen LogP contribution in [0.25, 0.3) is 0 Å². The Balaban J connectivity index is 1.75. The molecule has 0 aromatic carbocycles. The highest BCUT2D eigenvalue weighted by Crippen LogP contribution is 2.10. The Morgan fingerprint density at radius 3 is 3.00 bits per heavy atom. The number of hydrogen-bond acceptors (Lipinski definition) is 3. The first-order valence-corrected chi connectivity index (χ1v) is 7.10. The highest BCUT2D eigenvalue weighted by atomic mass is 32.2. The molecule has 0 spiro atoms. The molecule has 0 radical (unpaired) electrons. The monoisotopic (exact) mass is 217 g/mol. The summed E-state index contributed by atoms with van der Waals surface area (Å²) in [7, 11) is 0. The van der Waals surface area contributed by atoms with Crippen molar-refractivity contribution in [1.29, 1.82) is 0 Å². The molecular weight excluding hydrogens is 194 g/mol. The Bertz CT molecular complexity index is 126. The maximum Gasteiger partial charge on any atom is 0.0507 e. The molecule has 0 aromatic rings. The largest absolute Gasteiger partial charge is 0.381 e. The summed E-state index contributed by atoms with van der Waals surface area (Å²) in [5.41, 5.74) is 0. The highest BCUT2D eigenvalue weighted by Gasteiger charge is 2.14. The van der Waals surface area contributed by atoms with Crippen molar-refractivity contribution >= 4 is 11.8 Å². The molecule has 0 amide bonds. The minimum Gasteiger partial charge on any atom is -0.381 e. The van der Waals surface area contributed by atoms with Crippen molar-refractivity contribution in [2.45, 2.75) is 25.7 Å². The van der Waals surface area contributed by atoms with Crippen molar-refractivity contribution in [1.82, 2.24) is 5.32 Å². The van der Waals surface area contributed by atoms with E-state index >= 15 is 0 Å². The molecule has 0 bridgehead atoms. The second kappa shape index (κ2) is 8.57. The van der Waals surface area contributed by atoms with Gasteiger partial charge >= 0.3 is 0 Å². The van der Waals surface area contributed by atoms with Gasteiger partial charge in [0.15, 0.2) is 0 Å². The van der Waals surface area contributed by atoms with Crippen LogP contribution in [0.4, 0.5) is 0 Å². The topological polar surface area (TPSA) is 21.3 Å². The fraction of sp³-hybridized carbons (Fsp3) is 1.00. The van der Waals surface area contributed by atoms with Gasteiger partial charge in [-0.1, -0.05) is 6.42 Å². The summed E-state index contributed by atoms with van der Waals surface area (Å²) in [5.74, 6) is 2.09. The predicted octanol–water partition coefficient (Wildman–Crippen LogP) is 2.15. The van der Waals surface area contributed by atoms with Crippen molar-refractivity contribution in [3.63, 3.8) is 0 Å². The molecular formula is C11H23NOS. The van der Waals surface area contributed by atoms with Crippen LogP contribution in [0.2, 0.25) is 0 Å². The van der Waals surface area contributed by atoms with E-state index in [0.29, 0.717) is 0 Å². The Kier molecular flexibility index (Phi) is 7.55. The van der Waals surface area contributed by atoms with Gasteiger partial charge in [0.2, 0.25) is 0 Å². The number of nitrogens with one attached hydrogen (secondary N) is 1. The van der Waals surface area contributed by atoms with E-state index in [9.17, 15) is 0 Å². The van der Waals surface area contributed by atoms with Crippen LogP contribution >= 0.6 is 11.8 Å². The summed E-state index contributed by atoms with van der Waals surface area (Å²) in [4.78, 5) is 0. The van der Waals surface area contributed by atoms with Gasteiger partial charge in [0.1, 0.15) is 0 Å². The SMILES string of the molecule is CSCCCCCNCC1CCOC1. The Morgan fingerprint density at radius 2 is 2.29 bits per heavy atom. The van der Waals surface area contributed by atoms with E-state index in [4.69, 9.17) is 4.74 Å². The molecule has 0 aliphatic carbocycles. The molecule has 0 saturated carbocycles. The van der Waals surface area contributed by atoms with Crippen molar-refractivity contribution in [2.24, 2.45) is 5.92 Å². The third-order valence-corrected chi connectivity index (χ3v) is 3.36. The molecule has 3 heteroatoms. The van der Waals surface area contributed by atoms with Gasteiger partial charge in [0.05, 0.1) is 6.61 Å². The van der Waals surface area contributed by atoms with Crippen LogP contribution in [-0.2, 0) is 4.74 Å². The molecule has 1 N–H and O–H groups in total. The third-order valence-electron chi connectivity index (χ3n) is 2.66. The third kappa shape index (κ3) is 5.89. The minimum atomic E-state index is 0.779. The van der Waals surface area contributed by atoms with E-state index in [1.54, 1.807) is 0 Å². The maximum atomic E-state index is 5.32. The lowest BCUT2D eigenvalue weighted by molar-refractivity contribution is 0.185. The van der Waals surface area contributed by atoms with Gasteiger partial charge in [-0.05, 0) is 43.7 Å². The van der Waals surface area contributed by atoms with Crippen molar-refractivity contribution in [2.75, 3.05) is 38.3 Å². The first kappa shape index (κ1) is 12.3. The summed E-state index contributed by atoms with van der Waals surface area (Å²) in [6.07, 6.45) is 7.50. The first-order chi connectivity index (χ1) is 6.93. The summed E-state index contributed by atoms with van der Waals surface area (Å²) < 4.78 is 5.32. The normalized spacial score (nSPS) is 21.6. The minimum absolute atomic E-state index is 0.779. The van der Waals surface area contributed by atoms with Crippen LogP contribution in [-0.4, -0.2) is 38.3 Å². The van der Waals surface area contributed by atoms with Gasteiger partial charge in [-0.3, -0.25) is 0 Å². The maximum absolute atomic E-state index is 5.32. The van der Waals surface area contributed by atoms with Gasteiger partial charge in [0, 0.05) is 13.2 Å². The van der Waals surface area contributed by atoms with Crippen LogP contribution in [0.3, 0.4) is 0 Å². The van der Waals surface area contributed by atoms with Crippen LogP contribution in [0, 0.1) is 5.92 Å². The lowest BCUT2D eigenvalue weighted by Crippen LogP contribution is -2.23. The average Bonchev–Trinajstić information content (AvgIpc) is 2.69. The quantitative estimate of drug-likeness (QED) is 0.630. The zero-order chi connectivity index (χ0) is 10.1. The van der Waals surface area contributed by atoms with E-state index in [1.165, 1.54) is 38.0 Å². The van der Waals surface area contributed by atoms with Gasteiger partial charge in [-0.15, -0.1) is 0 Å². The van der Waals surface area contributed by atoms with E-state index < -0.39 is 0 Å². The molecule has 1 saturated heterocycles. The first-order valence-electron chi connectivity index (χ1n) is 5.71. The fourth-order valence-electron chi connectivity index (χ4n) is 1.72. The summed E-state index contributed by atoms with van der Waals surface area (Å²) in [6.45, 7) is 4.28. The Labute approximate surface area is 92.2 Å². The molecule has 1 aliphatic rings. The van der Waals surface area contributed by atoms with Crippen LogP contribution < -0.4 is 5.32 Å². The molecule has 0 aromatic heterocycles. The number of unbranched alkanes of at least 4 members (excludes halogenated alkanes) is 2. The summed E-state index contributed by atoms with van der Waals surface area (Å²) >= 11 is 1.95. The molecule has 1 heterocycles. The number of thioether (sulfide) groups is 1. The zero-order valence-electron chi connectivity index (χ0n) is 9.26. The van der Waals surface area contributed by atoms with E-state index in [-0.39, 0.29) is 0 Å². The van der Waals surface area contributed by atoms with Crippen molar-refractivity contribution in [3.05, 3.63) is 0 Å². The lowest BCUT2D eigenvalue weighted by atomic mass is 10.1. The van der Waals surface area contributed by atoms with Crippen LogP contribution in [0.1, 0.15) is 25.7 Å². The molecule has 1 fully saturated rings. The molecule has 1 aliphatic heterocycles. The predicted molar refractivity (Wildman–Crippen MR) is 64.0 cm³/mol. The number of hydrogen-bond donors (Lipinski definition) is 1. The van der Waals surface area contributed by atoms with E-state index in [2.05, 4.69) is 11.6 Å². The smallest absolute Gasteiger partial charge is 0.0507 e. The van der Waals surface area contributed by atoms with Gasteiger partial charge in [-0.25, -0.2) is 0 Å². The van der Waals surface area contributed by atoms with Crippen molar-refractivity contribution in [3.8, 4) is 0 Å². The zero-order valence-corrected chi connectivity index (χ0v) is 10.1. The van der Waals surface area contributed by atoms with Crippen LogP contribution in [0.5, 0.6) is 0 Å². The summed E-state index contributed by atoms with van der Waals surface area (Å²) in [6, 6.07) is 0. The summed E-state index contributed by atoms with van der Waals surface area (Å²) in [5, 5.41) is 3.52. The van der Waals surface area contributed by atoms with Gasteiger partial charge < -0.3 is 10.1 Å². The molecule has 14 heavy (non-hydrogen) atoms. The number of ether oxygens (including phenoxy) is 1.